The van der Waals surface area contributed by atoms with E-state index in [-0.39, 0.29) is 11.6 Å². The van der Waals surface area contributed by atoms with Crippen molar-refractivity contribution in [3.63, 3.8) is 0 Å². The molecule has 0 aliphatic carbocycles. The molecule has 0 saturated carbocycles. The van der Waals surface area contributed by atoms with E-state index < -0.39 is 5.82 Å². The lowest BCUT2D eigenvalue weighted by Crippen LogP contribution is -2.11. The number of rotatable bonds is 5. The molecule has 2 rings (SSSR count). The van der Waals surface area contributed by atoms with Gasteiger partial charge in [0.1, 0.15) is 17.3 Å². The molecule has 20 heavy (non-hydrogen) atoms. The van der Waals surface area contributed by atoms with Gasteiger partial charge in [-0.3, -0.25) is 5.41 Å². The van der Waals surface area contributed by atoms with Crippen molar-refractivity contribution >= 4 is 5.84 Å². The highest BCUT2D eigenvalue weighted by atomic mass is 19.1. The summed E-state index contributed by atoms with van der Waals surface area (Å²) in [6, 6.07) is 11.1. The molecule has 104 valence electrons. The third-order valence-corrected chi connectivity index (χ3v) is 2.61. The lowest BCUT2D eigenvalue weighted by Gasteiger charge is -2.09. The number of benzene rings is 2. The fourth-order valence-corrected chi connectivity index (χ4v) is 1.65. The number of nitrogen functional groups attached to an aromatic ring is 1. The Kier molecular flexibility index (Phi) is 4.20. The number of nitrogens with two attached hydrogens (primary N) is 1. The average molecular weight is 274 g/mol. The third-order valence-electron chi connectivity index (χ3n) is 2.61. The third kappa shape index (κ3) is 3.26. The smallest absolute Gasteiger partial charge is 0.166 e. The molecule has 0 spiro atoms. The first kappa shape index (κ1) is 13.9. The summed E-state index contributed by atoms with van der Waals surface area (Å²) in [5.74, 6) is 0.567. The highest BCUT2D eigenvalue weighted by Crippen LogP contribution is 2.26. The van der Waals surface area contributed by atoms with Gasteiger partial charge >= 0.3 is 0 Å². The molecule has 4 nitrogen and oxygen atoms in total. The van der Waals surface area contributed by atoms with E-state index >= 15 is 0 Å². The Labute approximate surface area is 116 Å². The molecule has 0 heterocycles. The van der Waals surface area contributed by atoms with Gasteiger partial charge in [0.25, 0.3) is 0 Å². The van der Waals surface area contributed by atoms with E-state index in [9.17, 15) is 4.39 Å². The molecule has 0 saturated heterocycles. The molecule has 5 heteroatoms. The fraction of sp³-hybridized carbons (Fsp3) is 0.133. The second kappa shape index (κ2) is 6.06. The molecule has 0 radical (unpaired) electrons. The van der Waals surface area contributed by atoms with Gasteiger partial charge in [-0.05, 0) is 49.4 Å². The summed E-state index contributed by atoms with van der Waals surface area (Å²) in [6.07, 6.45) is 0. The molecule has 0 bridgehead atoms. The molecular weight excluding hydrogens is 259 g/mol. The molecule has 0 unspecified atom stereocenters. The summed E-state index contributed by atoms with van der Waals surface area (Å²) in [5, 5.41) is 7.24. The maximum Gasteiger partial charge on any atom is 0.166 e. The lowest BCUT2D eigenvalue weighted by atomic mass is 10.2. The normalized spacial score (nSPS) is 10.1. The summed E-state index contributed by atoms with van der Waals surface area (Å²) in [5.41, 5.74) is 5.61. The minimum absolute atomic E-state index is 0.0826. The van der Waals surface area contributed by atoms with Crippen LogP contribution in [-0.2, 0) is 0 Å². The van der Waals surface area contributed by atoms with Gasteiger partial charge < -0.3 is 15.2 Å². The van der Waals surface area contributed by atoms with Gasteiger partial charge in [-0.15, -0.1) is 0 Å². The Hall–Kier alpha value is -2.56. The second-order valence-electron chi connectivity index (χ2n) is 4.07. The van der Waals surface area contributed by atoms with E-state index in [2.05, 4.69) is 0 Å². The molecule has 2 aromatic rings. The van der Waals surface area contributed by atoms with E-state index in [1.54, 1.807) is 24.3 Å². The summed E-state index contributed by atoms with van der Waals surface area (Å²) < 4.78 is 24.5. The van der Waals surface area contributed by atoms with Crippen LogP contribution in [0.3, 0.4) is 0 Å². The van der Waals surface area contributed by atoms with Gasteiger partial charge in [0, 0.05) is 5.56 Å². The summed E-state index contributed by atoms with van der Waals surface area (Å²) in [7, 11) is 0. The van der Waals surface area contributed by atoms with Crippen molar-refractivity contribution in [2.45, 2.75) is 6.92 Å². The first-order valence-electron chi connectivity index (χ1n) is 6.15. The zero-order chi connectivity index (χ0) is 14.5. The van der Waals surface area contributed by atoms with E-state index in [1.807, 2.05) is 6.92 Å². The van der Waals surface area contributed by atoms with Gasteiger partial charge in [0.2, 0.25) is 0 Å². The van der Waals surface area contributed by atoms with Gasteiger partial charge in [0.05, 0.1) is 6.61 Å². The van der Waals surface area contributed by atoms with Gasteiger partial charge in [-0.2, -0.15) is 0 Å². The van der Waals surface area contributed by atoms with E-state index in [0.29, 0.717) is 17.9 Å². The van der Waals surface area contributed by atoms with E-state index in [4.69, 9.17) is 20.6 Å². The van der Waals surface area contributed by atoms with Crippen LogP contribution in [0.25, 0.3) is 0 Å². The average Bonchev–Trinajstić information content (AvgIpc) is 2.43. The van der Waals surface area contributed by atoms with Crippen LogP contribution < -0.4 is 15.2 Å². The van der Waals surface area contributed by atoms with Crippen molar-refractivity contribution in [1.82, 2.24) is 0 Å². The predicted molar refractivity (Wildman–Crippen MR) is 75.1 cm³/mol. The molecule has 0 aromatic heterocycles. The molecule has 0 aliphatic heterocycles. The Balaban J connectivity index is 2.15. The highest BCUT2D eigenvalue weighted by Gasteiger charge is 2.07. The summed E-state index contributed by atoms with van der Waals surface area (Å²) in [4.78, 5) is 0. The molecule has 0 atom stereocenters. The molecule has 0 aliphatic rings. The first-order chi connectivity index (χ1) is 9.60. The van der Waals surface area contributed by atoms with E-state index in [0.717, 1.165) is 5.75 Å². The standard InChI is InChI=1S/C15H15FN2O2/c1-2-19-11-4-6-12(7-5-11)20-14-8-3-10(15(17)18)9-13(14)16/h3-9H,2H2,1H3,(H3,17,18). The molecule has 2 aromatic carbocycles. The van der Waals surface area contributed by atoms with Crippen LogP contribution in [0.4, 0.5) is 4.39 Å². The van der Waals surface area contributed by atoms with Crippen LogP contribution in [-0.4, -0.2) is 12.4 Å². The topological polar surface area (TPSA) is 68.3 Å². The maximum atomic E-state index is 13.8. The Morgan fingerprint density at radius 2 is 1.80 bits per heavy atom. The Bertz CT molecular complexity index is 612. The van der Waals surface area contributed by atoms with Crippen LogP contribution in [0, 0.1) is 11.2 Å². The minimum Gasteiger partial charge on any atom is -0.494 e. The SMILES string of the molecule is CCOc1ccc(Oc2ccc(C(=N)N)cc2F)cc1. The highest BCUT2D eigenvalue weighted by molar-refractivity contribution is 5.95. The molecule has 0 amide bonds. The Morgan fingerprint density at radius 1 is 1.15 bits per heavy atom. The van der Waals surface area contributed by atoms with Crippen molar-refractivity contribution in [2.24, 2.45) is 5.73 Å². The van der Waals surface area contributed by atoms with Gasteiger partial charge in [0.15, 0.2) is 11.6 Å². The fourth-order valence-electron chi connectivity index (χ4n) is 1.65. The number of hydrogen-bond acceptors (Lipinski definition) is 3. The van der Waals surface area contributed by atoms with Crippen LogP contribution in [0.2, 0.25) is 0 Å². The zero-order valence-corrected chi connectivity index (χ0v) is 11.0. The summed E-state index contributed by atoms with van der Waals surface area (Å²) in [6.45, 7) is 2.48. The number of amidine groups is 1. The summed E-state index contributed by atoms with van der Waals surface area (Å²) >= 11 is 0. The number of nitrogens with one attached hydrogen (secondary N) is 1. The van der Waals surface area contributed by atoms with Crippen molar-refractivity contribution in [3.05, 3.63) is 53.8 Å². The van der Waals surface area contributed by atoms with Crippen LogP contribution in [0.1, 0.15) is 12.5 Å². The molecule has 3 N–H and O–H groups in total. The van der Waals surface area contributed by atoms with Crippen molar-refractivity contribution in [1.29, 1.82) is 5.41 Å². The number of halogens is 1. The number of hydrogen-bond donors (Lipinski definition) is 2. The quantitative estimate of drug-likeness (QED) is 0.649. The second-order valence-corrected chi connectivity index (χ2v) is 4.07. The lowest BCUT2D eigenvalue weighted by molar-refractivity contribution is 0.339. The molecule has 0 fully saturated rings. The van der Waals surface area contributed by atoms with Gasteiger partial charge in [-0.1, -0.05) is 0 Å². The largest absolute Gasteiger partial charge is 0.494 e. The van der Waals surface area contributed by atoms with Crippen LogP contribution >= 0.6 is 0 Å². The van der Waals surface area contributed by atoms with Gasteiger partial charge in [-0.25, -0.2) is 4.39 Å². The monoisotopic (exact) mass is 274 g/mol. The van der Waals surface area contributed by atoms with Crippen molar-refractivity contribution < 1.29 is 13.9 Å². The minimum atomic E-state index is -0.563. The first-order valence-corrected chi connectivity index (χ1v) is 6.15. The predicted octanol–water partition coefficient (Wildman–Crippen LogP) is 3.30. The van der Waals surface area contributed by atoms with Crippen LogP contribution in [0.15, 0.2) is 42.5 Å². The van der Waals surface area contributed by atoms with Crippen LogP contribution in [0.5, 0.6) is 17.2 Å². The molecular formula is C15H15FN2O2. The Morgan fingerprint density at radius 3 is 2.35 bits per heavy atom. The van der Waals surface area contributed by atoms with E-state index in [1.165, 1.54) is 18.2 Å². The van der Waals surface area contributed by atoms with Crippen molar-refractivity contribution in [3.8, 4) is 17.2 Å². The van der Waals surface area contributed by atoms with Crippen molar-refractivity contribution in [2.75, 3.05) is 6.61 Å². The zero-order valence-electron chi connectivity index (χ0n) is 11.0. The number of ether oxygens (including phenoxy) is 2. The maximum absolute atomic E-state index is 13.8.